The molecule has 1 unspecified atom stereocenters. The van der Waals surface area contributed by atoms with Gasteiger partial charge in [0.25, 0.3) is 0 Å². The monoisotopic (exact) mass is 578 g/mol. The number of hydrogen-bond donors (Lipinski definition) is 1. The van der Waals surface area contributed by atoms with Gasteiger partial charge < -0.3 is 24.7 Å². The number of fused-ring (bicyclic) bond motifs is 1. The molecule has 0 radical (unpaired) electrons. The van der Waals surface area contributed by atoms with E-state index in [1.54, 1.807) is 49.6 Å². The minimum atomic E-state index is -0.545. The van der Waals surface area contributed by atoms with E-state index in [-0.39, 0.29) is 23.8 Å². The molecule has 2 N–H and O–H groups in total. The fraction of sp³-hybridized carbons (Fsp3) is 0.118. The Bertz CT molecular complexity index is 1740. The SMILES string of the molecule is COc1cc(C2C(C#N)=C(N)Oc3cc(OC(=O)/C=C/c4ccc(C)cc4)ccc32)ccc1OCc1ccccc1Cl. The summed E-state index contributed by atoms with van der Waals surface area (Å²) in [6.07, 6.45) is 3.04. The van der Waals surface area contributed by atoms with E-state index in [1.165, 1.54) is 6.08 Å². The van der Waals surface area contributed by atoms with Crippen LogP contribution in [0, 0.1) is 18.3 Å². The van der Waals surface area contributed by atoms with Crippen molar-refractivity contribution in [2.75, 3.05) is 7.11 Å². The van der Waals surface area contributed by atoms with E-state index in [9.17, 15) is 10.1 Å². The van der Waals surface area contributed by atoms with Crippen LogP contribution in [-0.2, 0) is 11.4 Å². The number of nitrogens with two attached hydrogens (primary N) is 1. The van der Waals surface area contributed by atoms with Crippen LogP contribution in [0.3, 0.4) is 0 Å². The number of hydrogen-bond acceptors (Lipinski definition) is 7. The zero-order valence-electron chi connectivity index (χ0n) is 23.0. The molecule has 0 aromatic heterocycles. The molecule has 4 aromatic carbocycles. The minimum Gasteiger partial charge on any atom is -0.493 e. The molecule has 1 aliphatic heterocycles. The molecule has 0 spiro atoms. The predicted molar refractivity (Wildman–Crippen MR) is 160 cm³/mol. The van der Waals surface area contributed by atoms with Crippen molar-refractivity contribution in [3.8, 4) is 29.1 Å². The molecule has 0 amide bonds. The second-order valence-corrected chi connectivity index (χ2v) is 9.99. The molecular weight excluding hydrogens is 552 g/mol. The molecule has 42 heavy (non-hydrogen) atoms. The van der Waals surface area contributed by atoms with Crippen molar-refractivity contribution in [2.24, 2.45) is 5.73 Å². The highest BCUT2D eigenvalue weighted by Gasteiger charge is 2.31. The molecule has 8 heteroatoms. The van der Waals surface area contributed by atoms with Gasteiger partial charge in [0.15, 0.2) is 11.5 Å². The fourth-order valence-corrected chi connectivity index (χ4v) is 4.78. The zero-order valence-corrected chi connectivity index (χ0v) is 23.7. The van der Waals surface area contributed by atoms with Gasteiger partial charge in [0.2, 0.25) is 5.88 Å². The van der Waals surface area contributed by atoms with Crippen LogP contribution in [0.4, 0.5) is 0 Å². The summed E-state index contributed by atoms with van der Waals surface area (Å²) in [6.45, 7) is 2.25. The lowest BCUT2D eigenvalue weighted by Crippen LogP contribution is -2.21. The maximum absolute atomic E-state index is 12.5. The number of carbonyl (C=O) groups is 1. The Morgan fingerprint density at radius 3 is 2.57 bits per heavy atom. The van der Waals surface area contributed by atoms with E-state index >= 15 is 0 Å². The van der Waals surface area contributed by atoms with Gasteiger partial charge in [-0.2, -0.15) is 5.26 Å². The summed E-state index contributed by atoms with van der Waals surface area (Å²) in [5.74, 6) is 0.537. The van der Waals surface area contributed by atoms with Gasteiger partial charge in [0, 0.05) is 28.3 Å². The number of benzene rings is 4. The number of nitrogens with zero attached hydrogens (tertiary/aromatic N) is 1. The van der Waals surface area contributed by atoms with Crippen LogP contribution in [0.5, 0.6) is 23.0 Å². The molecule has 7 nitrogen and oxygen atoms in total. The number of methoxy groups -OCH3 is 1. The first kappa shape index (κ1) is 28.3. The molecule has 4 aromatic rings. The van der Waals surface area contributed by atoms with E-state index in [2.05, 4.69) is 6.07 Å². The second kappa shape index (κ2) is 12.5. The third-order valence-electron chi connectivity index (χ3n) is 6.76. The molecule has 1 aliphatic rings. The van der Waals surface area contributed by atoms with Crippen molar-refractivity contribution in [2.45, 2.75) is 19.4 Å². The molecule has 0 saturated carbocycles. The van der Waals surface area contributed by atoms with E-state index in [1.807, 2.05) is 55.5 Å². The minimum absolute atomic E-state index is 0.0317. The van der Waals surface area contributed by atoms with E-state index in [0.29, 0.717) is 27.8 Å². The van der Waals surface area contributed by atoms with Crippen LogP contribution in [0.15, 0.2) is 102 Å². The normalized spacial score (nSPS) is 14.1. The van der Waals surface area contributed by atoms with E-state index < -0.39 is 11.9 Å². The highest BCUT2D eigenvalue weighted by molar-refractivity contribution is 6.31. The summed E-state index contributed by atoms with van der Waals surface area (Å²) < 4.78 is 22.9. The quantitative estimate of drug-likeness (QED) is 0.135. The first-order valence-electron chi connectivity index (χ1n) is 13.1. The molecule has 1 atom stereocenters. The van der Waals surface area contributed by atoms with Crippen LogP contribution in [0.1, 0.15) is 33.7 Å². The van der Waals surface area contributed by atoms with Gasteiger partial charge in [-0.1, -0.05) is 71.8 Å². The molecule has 0 saturated heterocycles. The van der Waals surface area contributed by atoms with Crippen LogP contribution < -0.4 is 24.7 Å². The summed E-state index contributed by atoms with van der Waals surface area (Å²) in [4.78, 5) is 12.5. The van der Waals surface area contributed by atoms with E-state index in [4.69, 9.17) is 36.3 Å². The Hall–Kier alpha value is -5.19. The van der Waals surface area contributed by atoms with Gasteiger partial charge in [-0.3, -0.25) is 0 Å². The summed E-state index contributed by atoms with van der Waals surface area (Å²) in [7, 11) is 1.54. The third kappa shape index (κ3) is 6.25. The Morgan fingerprint density at radius 2 is 1.83 bits per heavy atom. The van der Waals surface area contributed by atoms with Crippen molar-refractivity contribution >= 4 is 23.6 Å². The Morgan fingerprint density at radius 1 is 1.05 bits per heavy atom. The first-order chi connectivity index (χ1) is 20.4. The van der Waals surface area contributed by atoms with Crippen molar-refractivity contribution < 1.29 is 23.7 Å². The van der Waals surface area contributed by atoms with Gasteiger partial charge in [0.1, 0.15) is 29.7 Å². The Balaban J connectivity index is 1.39. The standard InChI is InChI=1S/C34H27ClN2O5/c1-21-7-9-22(10-8-21)11-16-32(38)41-25-13-14-26-30(18-25)42-34(37)27(19-36)33(26)23-12-15-29(31(17-23)39-2)40-20-24-5-3-4-6-28(24)35/h3-18,33H,20,37H2,1-2H3/b16-11+. The number of ether oxygens (including phenoxy) is 4. The average molecular weight is 579 g/mol. The summed E-state index contributed by atoms with van der Waals surface area (Å²) in [5, 5.41) is 10.6. The van der Waals surface area contributed by atoms with Crippen molar-refractivity contribution in [1.82, 2.24) is 0 Å². The maximum atomic E-state index is 12.5. The molecule has 0 fully saturated rings. The largest absolute Gasteiger partial charge is 0.493 e. The van der Waals surface area contributed by atoms with Crippen molar-refractivity contribution in [3.63, 3.8) is 0 Å². The first-order valence-corrected chi connectivity index (χ1v) is 13.5. The molecule has 5 rings (SSSR count). The number of halogens is 1. The molecule has 0 bridgehead atoms. The molecule has 1 heterocycles. The zero-order chi connectivity index (χ0) is 29.6. The molecule has 0 aliphatic carbocycles. The summed E-state index contributed by atoms with van der Waals surface area (Å²) in [6, 6.07) is 27.8. The van der Waals surface area contributed by atoms with Crippen molar-refractivity contribution in [1.29, 1.82) is 5.26 Å². The highest BCUT2D eigenvalue weighted by atomic mass is 35.5. The number of rotatable bonds is 8. The highest BCUT2D eigenvalue weighted by Crippen LogP contribution is 2.45. The predicted octanol–water partition coefficient (Wildman–Crippen LogP) is 7.07. The van der Waals surface area contributed by atoms with Crippen LogP contribution >= 0.6 is 11.6 Å². The Kier molecular flexibility index (Phi) is 8.47. The lowest BCUT2D eigenvalue weighted by atomic mass is 9.83. The van der Waals surface area contributed by atoms with Gasteiger partial charge in [-0.25, -0.2) is 4.79 Å². The van der Waals surface area contributed by atoms with Crippen molar-refractivity contribution in [3.05, 3.63) is 135 Å². The molecular formula is C34H27ClN2O5. The van der Waals surface area contributed by atoms with Gasteiger partial charge in [-0.15, -0.1) is 0 Å². The van der Waals surface area contributed by atoms with Crippen LogP contribution in [-0.4, -0.2) is 13.1 Å². The smallest absolute Gasteiger partial charge is 0.336 e. The third-order valence-corrected chi connectivity index (χ3v) is 7.13. The Labute approximate surface area is 249 Å². The lowest BCUT2D eigenvalue weighted by molar-refractivity contribution is -0.128. The second-order valence-electron chi connectivity index (χ2n) is 9.58. The topological polar surface area (TPSA) is 104 Å². The van der Waals surface area contributed by atoms with Crippen LogP contribution in [0.2, 0.25) is 5.02 Å². The van der Waals surface area contributed by atoms with E-state index in [0.717, 1.165) is 22.3 Å². The van der Waals surface area contributed by atoms with Gasteiger partial charge in [0.05, 0.1) is 13.0 Å². The number of nitriles is 1. The number of allylic oxidation sites excluding steroid dienone is 1. The summed E-state index contributed by atoms with van der Waals surface area (Å²) in [5.41, 5.74) is 10.7. The number of carbonyl (C=O) groups excluding carboxylic acids is 1. The lowest BCUT2D eigenvalue weighted by Gasteiger charge is -2.27. The average Bonchev–Trinajstić information content (AvgIpc) is 2.99. The number of esters is 1. The van der Waals surface area contributed by atoms with Gasteiger partial charge >= 0.3 is 5.97 Å². The fourth-order valence-electron chi connectivity index (χ4n) is 4.59. The summed E-state index contributed by atoms with van der Waals surface area (Å²) >= 11 is 6.27. The molecule has 210 valence electrons. The van der Waals surface area contributed by atoms with Crippen LogP contribution in [0.25, 0.3) is 6.08 Å². The maximum Gasteiger partial charge on any atom is 0.336 e. The number of aryl methyl sites for hydroxylation is 1. The van der Waals surface area contributed by atoms with Gasteiger partial charge in [-0.05, 0) is 48.4 Å².